The Balaban J connectivity index is 2.57. The Kier molecular flexibility index (Phi) is 6.23. The summed E-state index contributed by atoms with van der Waals surface area (Å²) in [7, 11) is 0. The van der Waals surface area contributed by atoms with Crippen LogP contribution in [0.4, 0.5) is 5.69 Å². The maximum absolute atomic E-state index is 11.6. The van der Waals surface area contributed by atoms with Crippen molar-refractivity contribution in [3.8, 4) is 6.07 Å². The van der Waals surface area contributed by atoms with Crippen LogP contribution >= 0.6 is 31.9 Å². The van der Waals surface area contributed by atoms with Gasteiger partial charge < -0.3 is 5.32 Å². The van der Waals surface area contributed by atoms with Gasteiger partial charge in [0.1, 0.15) is 0 Å². The van der Waals surface area contributed by atoms with Crippen LogP contribution in [0.3, 0.4) is 0 Å². The lowest BCUT2D eigenvalue weighted by Gasteiger charge is -2.07. The molecule has 90 valence electrons. The SMILES string of the molecule is N#Cc1ccc(NC(=O)CCCCBr)c(Br)c1. The Morgan fingerprint density at radius 2 is 2.18 bits per heavy atom. The van der Waals surface area contributed by atoms with Gasteiger partial charge in [0.25, 0.3) is 0 Å². The number of nitriles is 1. The summed E-state index contributed by atoms with van der Waals surface area (Å²) in [5, 5.41) is 12.4. The van der Waals surface area contributed by atoms with Crippen molar-refractivity contribution in [1.29, 1.82) is 5.26 Å². The first kappa shape index (κ1) is 14.2. The van der Waals surface area contributed by atoms with Crippen molar-refractivity contribution in [2.75, 3.05) is 10.6 Å². The van der Waals surface area contributed by atoms with Crippen molar-refractivity contribution < 1.29 is 4.79 Å². The van der Waals surface area contributed by atoms with E-state index >= 15 is 0 Å². The van der Waals surface area contributed by atoms with Crippen LogP contribution in [0.1, 0.15) is 24.8 Å². The number of hydrogen-bond acceptors (Lipinski definition) is 2. The van der Waals surface area contributed by atoms with Crippen LogP contribution in [0, 0.1) is 11.3 Å². The number of benzene rings is 1. The first-order valence-corrected chi connectivity index (χ1v) is 7.14. The van der Waals surface area contributed by atoms with E-state index in [-0.39, 0.29) is 5.91 Å². The van der Waals surface area contributed by atoms with Crippen LogP contribution in [-0.2, 0) is 4.79 Å². The predicted molar refractivity (Wildman–Crippen MR) is 75.1 cm³/mol. The number of nitrogens with zero attached hydrogens (tertiary/aromatic N) is 1. The molecule has 5 heteroatoms. The molecule has 1 amide bonds. The normalized spacial score (nSPS) is 9.71. The van der Waals surface area contributed by atoms with E-state index in [1.54, 1.807) is 18.2 Å². The molecule has 0 aromatic heterocycles. The lowest BCUT2D eigenvalue weighted by Crippen LogP contribution is -2.11. The highest BCUT2D eigenvalue weighted by atomic mass is 79.9. The second-order valence-electron chi connectivity index (χ2n) is 3.50. The lowest BCUT2D eigenvalue weighted by atomic mass is 10.2. The van der Waals surface area contributed by atoms with E-state index in [2.05, 4.69) is 37.2 Å². The monoisotopic (exact) mass is 358 g/mol. The number of amides is 1. The highest BCUT2D eigenvalue weighted by Gasteiger charge is 2.05. The number of hydrogen-bond donors (Lipinski definition) is 1. The zero-order chi connectivity index (χ0) is 12.7. The molecule has 0 bridgehead atoms. The van der Waals surface area contributed by atoms with Crippen LogP contribution < -0.4 is 5.32 Å². The summed E-state index contributed by atoms with van der Waals surface area (Å²) in [4.78, 5) is 11.6. The predicted octanol–water partition coefficient (Wildman–Crippen LogP) is 3.82. The molecule has 0 radical (unpaired) electrons. The van der Waals surface area contributed by atoms with Crippen molar-refractivity contribution in [3.05, 3.63) is 28.2 Å². The van der Waals surface area contributed by atoms with Crippen molar-refractivity contribution in [2.45, 2.75) is 19.3 Å². The summed E-state index contributed by atoms with van der Waals surface area (Å²) >= 11 is 6.65. The Morgan fingerprint density at radius 1 is 1.41 bits per heavy atom. The number of rotatable bonds is 5. The third kappa shape index (κ3) is 4.88. The average Bonchev–Trinajstić information content (AvgIpc) is 2.32. The summed E-state index contributed by atoms with van der Waals surface area (Å²) in [6.07, 6.45) is 2.37. The van der Waals surface area contributed by atoms with Crippen LogP contribution in [-0.4, -0.2) is 11.2 Å². The van der Waals surface area contributed by atoms with Crippen molar-refractivity contribution in [1.82, 2.24) is 0 Å². The van der Waals surface area contributed by atoms with Gasteiger partial charge in [0, 0.05) is 16.2 Å². The van der Waals surface area contributed by atoms with Gasteiger partial charge >= 0.3 is 0 Å². The van der Waals surface area contributed by atoms with Crippen molar-refractivity contribution in [2.24, 2.45) is 0 Å². The first-order valence-electron chi connectivity index (χ1n) is 5.23. The van der Waals surface area contributed by atoms with Gasteiger partial charge in [0.05, 0.1) is 17.3 Å². The minimum Gasteiger partial charge on any atom is -0.325 e. The number of carbonyl (C=O) groups is 1. The van der Waals surface area contributed by atoms with Gasteiger partial charge in [-0.2, -0.15) is 5.26 Å². The van der Waals surface area contributed by atoms with E-state index in [1.807, 2.05) is 6.07 Å². The Labute approximate surface area is 117 Å². The summed E-state index contributed by atoms with van der Waals surface area (Å²) in [6, 6.07) is 7.14. The lowest BCUT2D eigenvalue weighted by molar-refractivity contribution is -0.116. The number of alkyl halides is 1. The molecule has 0 aliphatic heterocycles. The molecule has 0 saturated heterocycles. The number of nitrogens with one attached hydrogen (secondary N) is 1. The molecule has 1 aromatic rings. The number of unbranched alkanes of at least 4 members (excludes halogenated alkanes) is 1. The second kappa shape index (κ2) is 7.46. The van der Waals surface area contributed by atoms with Gasteiger partial charge in [0.15, 0.2) is 0 Å². The fraction of sp³-hybridized carbons (Fsp3) is 0.333. The van der Waals surface area contributed by atoms with Crippen LogP contribution in [0.5, 0.6) is 0 Å². The molecule has 3 nitrogen and oxygen atoms in total. The minimum atomic E-state index is -0.00337. The molecule has 17 heavy (non-hydrogen) atoms. The molecule has 0 saturated carbocycles. The molecule has 1 N–H and O–H groups in total. The van der Waals surface area contributed by atoms with Gasteiger partial charge in [-0.25, -0.2) is 0 Å². The van der Waals surface area contributed by atoms with Gasteiger partial charge in [0.2, 0.25) is 5.91 Å². The number of anilines is 1. The summed E-state index contributed by atoms with van der Waals surface area (Å²) in [5.74, 6) is -0.00337. The Morgan fingerprint density at radius 3 is 2.76 bits per heavy atom. The van der Waals surface area contributed by atoms with Crippen LogP contribution in [0.25, 0.3) is 0 Å². The van der Waals surface area contributed by atoms with E-state index < -0.39 is 0 Å². The molecule has 1 rings (SSSR count). The van der Waals surface area contributed by atoms with Crippen LogP contribution in [0.15, 0.2) is 22.7 Å². The third-order valence-electron chi connectivity index (χ3n) is 2.16. The highest BCUT2D eigenvalue weighted by Crippen LogP contribution is 2.23. The maximum atomic E-state index is 11.6. The quantitative estimate of drug-likeness (QED) is 0.641. The molecule has 0 atom stereocenters. The largest absolute Gasteiger partial charge is 0.325 e. The van der Waals surface area contributed by atoms with E-state index in [4.69, 9.17) is 5.26 Å². The van der Waals surface area contributed by atoms with Gasteiger partial charge in [-0.05, 0) is 47.0 Å². The summed E-state index contributed by atoms with van der Waals surface area (Å²) < 4.78 is 0.727. The fourth-order valence-corrected chi connectivity index (χ4v) is 2.15. The molecule has 0 aliphatic rings. The van der Waals surface area contributed by atoms with Crippen molar-refractivity contribution >= 4 is 43.5 Å². The summed E-state index contributed by atoms with van der Waals surface area (Å²) in [5.41, 5.74) is 1.27. The first-order chi connectivity index (χ1) is 8.17. The fourth-order valence-electron chi connectivity index (χ4n) is 1.28. The van der Waals surface area contributed by atoms with Crippen LogP contribution in [0.2, 0.25) is 0 Å². The molecule has 0 spiro atoms. The van der Waals surface area contributed by atoms with E-state index in [0.717, 1.165) is 22.6 Å². The van der Waals surface area contributed by atoms with E-state index in [9.17, 15) is 4.79 Å². The van der Waals surface area contributed by atoms with Gasteiger partial charge in [-0.1, -0.05) is 15.9 Å². The Hall–Kier alpha value is -0.860. The minimum absolute atomic E-state index is 0.00337. The van der Waals surface area contributed by atoms with E-state index in [1.165, 1.54) is 0 Å². The average molecular weight is 360 g/mol. The molecule has 1 aromatic carbocycles. The molecule has 0 heterocycles. The molecular weight excluding hydrogens is 348 g/mol. The standard InChI is InChI=1S/C12H12Br2N2O/c13-6-2-1-3-12(17)16-11-5-4-9(8-15)7-10(11)14/h4-5,7H,1-3,6H2,(H,16,17). The molecule has 0 unspecified atom stereocenters. The smallest absolute Gasteiger partial charge is 0.224 e. The topological polar surface area (TPSA) is 52.9 Å². The molecule has 0 fully saturated rings. The third-order valence-corrected chi connectivity index (χ3v) is 3.38. The zero-order valence-corrected chi connectivity index (χ0v) is 12.3. The van der Waals surface area contributed by atoms with Gasteiger partial charge in [-0.15, -0.1) is 0 Å². The Bertz CT molecular complexity index is 441. The zero-order valence-electron chi connectivity index (χ0n) is 9.17. The number of carbonyl (C=O) groups excluding carboxylic acids is 1. The summed E-state index contributed by atoms with van der Waals surface area (Å²) in [6.45, 7) is 0. The van der Waals surface area contributed by atoms with Crippen molar-refractivity contribution in [3.63, 3.8) is 0 Å². The van der Waals surface area contributed by atoms with E-state index in [0.29, 0.717) is 17.7 Å². The maximum Gasteiger partial charge on any atom is 0.224 e. The highest BCUT2D eigenvalue weighted by molar-refractivity contribution is 9.10. The molecular formula is C12H12Br2N2O. The second-order valence-corrected chi connectivity index (χ2v) is 5.15. The van der Waals surface area contributed by atoms with Gasteiger partial charge in [-0.3, -0.25) is 4.79 Å². The number of halogens is 2. The molecule has 0 aliphatic carbocycles.